The second-order valence-electron chi connectivity index (χ2n) is 5.48. The van der Waals surface area contributed by atoms with Crippen molar-refractivity contribution in [2.75, 3.05) is 19.6 Å². The molecule has 1 saturated heterocycles. The van der Waals surface area contributed by atoms with E-state index in [1.807, 2.05) is 0 Å². The molecule has 1 fully saturated rings. The van der Waals surface area contributed by atoms with Crippen molar-refractivity contribution in [3.8, 4) is 0 Å². The van der Waals surface area contributed by atoms with Gasteiger partial charge < -0.3 is 5.32 Å². The fourth-order valence-corrected chi connectivity index (χ4v) is 2.34. The van der Waals surface area contributed by atoms with Gasteiger partial charge in [-0.15, -0.1) is 10.2 Å². The maximum absolute atomic E-state index is 4.22. The summed E-state index contributed by atoms with van der Waals surface area (Å²) >= 11 is 0. The highest BCUT2D eigenvalue weighted by Crippen LogP contribution is 2.17. The van der Waals surface area contributed by atoms with Crippen molar-refractivity contribution in [1.29, 1.82) is 0 Å². The number of nitrogens with zero attached hydrogens (tertiary/aromatic N) is 5. The summed E-state index contributed by atoms with van der Waals surface area (Å²) in [5.41, 5.74) is 0. The summed E-state index contributed by atoms with van der Waals surface area (Å²) in [5, 5.41) is 15.7. The average molecular weight is 252 g/mol. The van der Waals surface area contributed by atoms with Crippen molar-refractivity contribution in [3.05, 3.63) is 5.82 Å². The summed E-state index contributed by atoms with van der Waals surface area (Å²) in [4.78, 5) is 3.94. The molecular weight excluding hydrogens is 228 g/mol. The topological polar surface area (TPSA) is 58.9 Å². The second-order valence-corrected chi connectivity index (χ2v) is 5.48. The average Bonchev–Trinajstić information content (AvgIpc) is 2.74. The van der Waals surface area contributed by atoms with Gasteiger partial charge in [-0.25, -0.2) is 0 Å². The van der Waals surface area contributed by atoms with Crippen molar-refractivity contribution in [1.82, 2.24) is 30.4 Å². The fourth-order valence-electron chi connectivity index (χ4n) is 2.34. The Kier molecular flexibility index (Phi) is 4.66. The summed E-state index contributed by atoms with van der Waals surface area (Å²) in [6.45, 7) is 8.67. The van der Waals surface area contributed by atoms with Gasteiger partial charge in [-0.2, -0.15) is 4.80 Å². The maximum atomic E-state index is 4.22. The third-order valence-corrected chi connectivity index (χ3v) is 3.44. The van der Waals surface area contributed by atoms with Crippen LogP contribution in [-0.2, 0) is 13.6 Å². The Morgan fingerprint density at radius 1 is 1.33 bits per heavy atom. The van der Waals surface area contributed by atoms with Gasteiger partial charge in [0.25, 0.3) is 0 Å². The van der Waals surface area contributed by atoms with Crippen LogP contribution in [0.4, 0.5) is 0 Å². The van der Waals surface area contributed by atoms with E-state index < -0.39 is 0 Å². The van der Waals surface area contributed by atoms with Gasteiger partial charge in [0.2, 0.25) is 0 Å². The number of aryl methyl sites for hydroxylation is 1. The highest BCUT2D eigenvalue weighted by Gasteiger charge is 2.20. The molecular formula is C12H24N6. The zero-order valence-corrected chi connectivity index (χ0v) is 11.6. The molecule has 0 radical (unpaired) electrons. The molecule has 1 N–H and O–H groups in total. The minimum Gasteiger partial charge on any atom is -0.314 e. The molecule has 0 amide bonds. The Morgan fingerprint density at radius 2 is 2.06 bits per heavy atom. The highest BCUT2D eigenvalue weighted by molar-refractivity contribution is 4.81. The van der Waals surface area contributed by atoms with Crippen LogP contribution in [0.15, 0.2) is 0 Å². The molecule has 102 valence electrons. The van der Waals surface area contributed by atoms with E-state index in [-0.39, 0.29) is 0 Å². The van der Waals surface area contributed by atoms with Gasteiger partial charge in [0.05, 0.1) is 13.6 Å². The van der Waals surface area contributed by atoms with E-state index in [0.717, 1.165) is 37.9 Å². The summed E-state index contributed by atoms with van der Waals surface area (Å²) in [6.07, 6.45) is 2.53. The van der Waals surface area contributed by atoms with E-state index >= 15 is 0 Å². The number of nitrogens with one attached hydrogen (secondary N) is 1. The Labute approximate surface area is 109 Å². The molecule has 6 heteroatoms. The van der Waals surface area contributed by atoms with E-state index in [1.54, 1.807) is 7.05 Å². The van der Waals surface area contributed by atoms with Crippen molar-refractivity contribution < 1.29 is 0 Å². The quantitative estimate of drug-likeness (QED) is 0.823. The molecule has 0 aliphatic carbocycles. The summed E-state index contributed by atoms with van der Waals surface area (Å²) in [6, 6.07) is 0.590. The third kappa shape index (κ3) is 4.03. The van der Waals surface area contributed by atoms with Crippen LogP contribution in [0, 0.1) is 5.92 Å². The Balaban J connectivity index is 1.70. The number of rotatable bonds is 5. The number of piperidine rings is 1. The predicted octanol–water partition coefficient (Wildman–Crippen LogP) is 0.420. The number of likely N-dealkylation sites (tertiary alicyclic amines) is 1. The molecule has 2 rings (SSSR count). The highest BCUT2D eigenvalue weighted by atomic mass is 15.6. The van der Waals surface area contributed by atoms with Gasteiger partial charge in [-0.3, -0.25) is 4.90 Å². The lowest BCUT2D eigenvalue weighted by atomic mass is 9.96. The van der Waals surface area contributed by atoms with Gasteiger partial charge in [0, 0.05) is 6.04 Å². The van der Waals surface area contributed by atoms with Crippen molar-refractivity contribution in [3.63, 3.8) is 0 Å². The molecule has 0 aromatic carbocycles. The van der Waals surface area contributed by atoms with Gasteiger partial charge in [0.15, 0.2) is 5.82 Å². The van der Waals surface area contributed by atoms with Crippen LogP contribution in [-0.4, -0.2) is 50.8 Å². The molecule has 1 aromatic rings. The molecule has 1 aliphatic heterocycles. The van der Waals surface area contributed by atoms with E-state index in [4.69, 9.17) is 0 Å². The Bertz CT molecular complexity index is 353. The minimum absolute atomic E-state index is 0.590. The fraction of sp³-hybridized carbons (Fsp3) is 0.917. The van der Waals surface area contributed by atoms with Crippen LogP contribution < -0.4 is 5.32 Å². The van der Waals surface area contributed by atoms with Crippen LogP contribution in [0.25, 0.3) is 0 Å². The molecule has 0 saturated carbocycles. The van der Waals surface area contributed by atoms with Crippen LogP contribution >= 0.6 is 0 Å². The van der Waals surface area contributed by atoms with Gasteiger partial charge in [0.1, 0.15) is 0 Å². The summed E-state index contributed by atoms with van der Waals surface area (Å²) in [5.74, 6) is 1.65. The van der Waals surface area contributed by atoms with E-state index in [2.05, 4.69) is 39.5 Å². The normalized spacial score (nSPS) is 18.7. The number of hydrogen-bond donors (Lipinski definition) is 1. The lowest BCUT2D eigenvalue weighted by Crippen LogP contribution is -2.38. The maximum Gasteiger partial charge on any atom is 0.188 e. The van der Waals surface area contributed by atoms with Crippen LogP contribution in [0.1, 0.15) is 32.5 Å². The molecule has 18 heavy (non-hydrogen) atoms. The lowest BCUT2D eigenvalue weighted by molar-refractivity contribution is 0.170. The van der Waals surface area contributed by atoms with E-state index in [9.17, 15) is 0 Å². The molecule has 1 aromatic heterocycles. The van der Waals surface area contributed by atoms with Crippen molar-refractivity contribution >= 4 is 0 Å². The molecule has 0 bridgehead atoms. The second kappa shape index (κ2) is 6.24. The number of aromatic nitrogens is 4. The largest absolute Gasteiger partial charge is 0.314 e. The Hall–Kier alpha value is -1.01. The van der Waals surface area contributed by atoms with Crippen LogP contribution in [0.2, 0.25) is 0 Å². The van der Waals surface area contributed by atoms with Crippen LogP contribution in [0.5, 0.6) is 0 Å². The summed E-state index contributed by atoms with van der Waals surface area (Å²) in [7, 11) is 1.81. The standard InChI is InChI=1S/C12H24N6/c1-10(2)13-8-11-4-6-18(7-5-11)9-12-14-16-17(3)15-12/h10-11,13H,4-9H2,1-3H3. The first-order chi connectivity index (χ1) is 8.63. The van der Waals surface area contributed by atoms with Crippen molar-refractivity contribution in [2.45, 2.75) is 39.3 Å². The van der Waals surface area contributed by atoms with E-state index in [1.165, 1.54) is 17.6 Å². The number of tetrazole rings is 1. The molecule has 1 aliphatic rings. The lowest BCUT2D eigenvalue weighted by Gasteiger charge is -2.31. The SMILES string of the molecule is CC(C)NCC1CCN(Cc2nnn(C)n2)CC1. The van der Waals surface area contributed by atoms with Gasteiger partial charge in [-0.05, 0) is 43.6 Å². The zero-order valence-electron chi connectivity index (χ0n) is 11.6. The first-order valence-corrected chi connectivity index (χ1v) is 6.82. The first kappa shape index (κ1) is 13.4. The minimum atomic E-state index is 0.590. The van der Waals surface area contributed by atoms with E-state index in [0.29, 0.717) is 6.04 Å². The molecule has 6 nitrogen and oxygen atoms in total. The molecule has 0 spiro atoms. The smallest absolute Gasteiger partial charge is 0.188 e. The van der Waals surface area contributed by atoms with Crippen molar-refractivity contribution in [2.24, 2.45) is 13.0 Å². The monoisotopic (exact) mass is 252 g/mol. The first-order valence-electron chi connectivity index (χ1n) is 6.82. The third-order valence-electron chi connectivity index (χ3n) is 3.44. The number of hydrogen-bond acceptors (Lipinski definition) is 5. The molecule has 2 heterocycles. The Morgan fingerprint density at radius 3 is 2.61 bits per heavy atom. The molecule has 0 atom stereocenters. The van der Waals surface area contributed by atoms with Crippen LogP contribution in [0.3, 0.4) is 0 Å². The zero-order chi connectivity index (χ0) is 13.0. The van der Waals surface area contributed by atoms with Gasteiger partial charge in [-0.1, -0.05) is 13.8 Å². The molecule has 0 unspecified atom stereocenters. The summed E-state index contributed by atoms with van der Waals surface area (Å²) < 4.78 is 0. The van der Waals surface area contributed by atoms with Gasteiger partial charge >= 0.3 is 0 Å². The predicted molar refractivity (Wildman–Crippen MR) is 69.9 cm³/mol.